The van der Waals surface area contributed by atoms with Gasteiger partial charge in [-0.3, -0.25) is 4.79 Å². The largest absolute Gasteiger partial charge is 0.312 e. The SMILES string of the molecule is O=C1CCCN1c1ccc(S(=O)(=O)NCCN2CCCC2)cc1. The summed E-state index contributed by atoms with van der Waals surface area (Å²) < 4.78 is 27.2. The van der Waals surface area contributed by atoms with Crippen LogP contribution in [0.15, 0.2) is 29.2 Å². The number of hydrogen-bond donors (Lipinski definition) is 1. The van der Waals surface area contributed by atoms with Crippen LogP contribution >= 0.6 is 0 Å². The molecule has 7 heteroatoms. The van der Waals surface area contributed by atoms with Gasteiger partial charge in [0.1, 0.15) is 0 Å². The number of nitrogens with one attached hydrogen (secondary N) is 1. The molecule has 2 heterocycles. The lowest BCUT2D eigenvalue weighted by Crippen LogP contribution is -2.33. The lowest BCUT2D eigenvalue weighted by atomic mass is 10.3. The number of nitrogens with zero attached hydrogens (tertiary/aromatic N) is 2. The molecule has 2 saturated heterocycles. The maximum absolute atomic E-state index is 12.3. The van der Waals surface area contributed by atoms with E-state index in [0.717, 1.165) is 31.7 Å². The highest BCUT2D eigenvalue weighted by molar-refractivity contribution is 7.89. The summed E-state index contributed by atoms with van der Waals surface area (Å²) in [5.41, 5.74) is 0.767. The molecule has 6 nitrogen and oxygen atoms in total. The first-order valence-electron chi connectivity index (χ1n) is 8.19. The number of rotatable bonds is 6. The summed E-state index contributed by atoms with van der Waals surface area (Å²) >= 11 is 0. The van der Waals surface area contributed by atoms with Gasteiger partial charge in [0, 0.05) is 31.7 Å². The van der Waals surface area contributed by atoms with Crippen molar-refractivity contribution < 1.29 is 13.2 Å². The van der Waals surface area contributed by atoms with Crippen LogP contribution in [-0.4, -0.2) is 51.9 Å². The van der Waals surface area contributed by atoms with E-state index in [1.54, 1.807) is 29.2 Å². The Balaban J connectivity index is 1.59. The Kier molecular flexibility index (Phi) is 4.99. The van der Waals surface area contributed by atoms with Gasteiger partial charge in [-0.05, 0) is 56.6 Å². The van der Waals surface area contributed by atoms with Crippen molar-refractivity contribution in [2.45, 2.75) is 30.6 Å². The average molecular weight is 337 g/mol. The number of hydrogen-bond acceptors (Lipinski definition) is 4. The fourth-order valence-electron chi connectivity index (χ4n) is 3.15. The summed E-state index contributed by atoms with van der Waals surface area (Å²) in [5.74, 6) is 0.101. The van der Waals surface area contributed by atoms with Crippen molar-refractivity contribution in [3.63, 3.8) is 0 Å². The van der Waals surface area contributed by atoms with Crippen molar-refractivity contribution in [1.29, 1.82) is 0 Å². The molecule has 0 saturated carbocycles. The van der Waals surface area contributed by atoms with Crippen molar-refractivity contribution in [2.75, 3.05) is 37.6 Å². The van der Waals surface area contributed by atoms with Crippen LogP contribution in [0.25, 0.3) is 0 Å². The third-order valence-electron chi connectivity index (χ3n) is 4.45. The van der Waals surface area contributed by atoms with Gasteiger partial charge in [-0.1, -0.05) is 0 Å². The van der Waals surface area contributed by atoms with Crippen molar-refractivity contribution >= 4 is 21.6 Å². The second-order valence-corrected chi connectivity index (χ2v) is 7.86. The normalized spacial score (nSPS) is 19.7. The summed E-state index contributed by atoms with van der Waals surface area (Å²) in [6.07, 6.45) is 3.82. The zero-order valence-corrected chi connectivity index (χ0v) is 14.0. The Bertz CT molecular complexity index is 652. The minimum atomic E-state index is -3.49. The van der Waals surface area contributed by atoms with Gasteiger partial charge in [-0.25, -0.2) is 13.1 Å². The molecule has 23 heavy (non-hydrogen) atoms. The molecule has 1 amide bonds. The summed E-state index contributed by atoms with van der Waals surface area (Å²) in [4.78, 5) is 15.9. The van der Waals surface area contributed by atoms with Gasteiger partial charge in [0.2, 0.25) is 15.9 Å². The Morgan fingerprint density at radius 2 is 1.70 bits per heavy atom. The lowest BCUT2D eigenvalue weighted by Gasteiger charge is -2.17. The van der Waals surface area contributed by atoms with Crippen LogP contribution in [0.5, 0.6) is 0 Å². The predicted octanol–water partition coefficient (Wildman–Crippen LogP) is 1.19. The molecule has 1 N–H and O–H groups in total. The quantitative estimate of drug-likeness (QED) is 0.846. The second kappa shape index (κ2) is 6.98. The van der Waals surface area contributed by atoms with Gasteiger partial charge in [0.05, 0.1) is 4.90 Å². The molecular formula is C16H23N3O3S. The molecule has 2 fully saturated rings. The van der Waals surface area contributed by atoms with Crippen molar-refractivity contribution in [2.24, 2.45) is 0 Å². The third-order valence-corrected chi connectivity index (χ3v) is 5.93. The summed E-state index contributed by atoms with van der Waals surface area (Å²) in [6, 6.07) is 6.55. The number of carbonyl (C=O) groups excluding carboxylic acids is 1. The van der Waals surface area contributed by atoms with E-state index in [4.69, 9.17) is 0 Å². The number of anilines is 1. The van der Waals surface area contributed by atoms with E-state index in [2.05, 4.69) is 9.62 Å². The molecule has 126 valence electrons. The first-order chi connectivity index (χ1) is 11.1. The van der Waals surface area contributed by atoms with Gasteiger partial charge in [-0.2, -0.15) is 0 Å². The first kappa shape index (κ1) is 16.4. The van der Waals surface area contributed by atoms with Crippen molar-refractivity contribution in [1.82, 2.24) is 9.62 Å². The van der Waals surface area contributed by atoms with Crippen molar-refractivity contribution in [3.05, 3.63) is 24.3 Å². The summed E-state index contributed by atoms with van der Waals surface area (Å²) in [5, 5.41) is 0. The van der Waals surface area contributed by atoms with Crippen molar-refractivity contribution in [3.8, 4) is 0 Å². The maximum Gasteiger partial charge on any atom is 0.240 e. The van der Waals surface area contributed by atoms with Gasteiger partial charge in [-0.15, -0.1) is 0 Å². The van der Waals surface area contributed by atoms with Gasteiger partial charge < -0.3 is 9.80 Å². The highest BCUT2D eigenvalue weighted by Crippen LogP contribution is 2.22. The number of carbonyl (C=O) groups is 1. The second-order valence-electron chi connectivity index (χ2n) is 6.09. The van der Waals surface area contributed by atoms with Crippen LogP contribution in [0.1, 0.15) is 25.7 Å². The zero-order chi connectivity index (χ0) is 16.3. The van der Waals surface area contributed by atoms with E-state index >= 15 is 0 Å². The predicted molar refractivity (Wildman–Crippen MR) is 88.9 cm³/mol. The fourth-order valence-corrected chi connectivity index (χ4v) is 4.18. The Morgan fingerprint density at radius 1 is 1.00 bits per heavy atom. The molecule has 0 atom stereocenters. The zero-order valence-electron chi connectivity index (χ0n) is 13.2. The molecule has 0 bridgehead atoms. The number of likely N-dealkylation sites (tertiary alicyclic amines) is 1. The minimum absolute atomic E-state index is 0.101. The summed E-state index contributed by atoms with van der Waals surface area (Å²) in [7, 11) is -3.49. The van der Waals surface area contributed by atoms with Crippen LogP contribution in [0.4, 0.5) is 5.69 Å². The van der Waals surface area contributed by atoms with Crippen LogP contribution in [0, 0.1) is 0 Å². The highest BCUT2D eigenvalue weighted by Gasteiger charge is 2.22. The molecular weight excluding hydrogens is 314 g/mol. The molecule has 0 radical (unpaired) electrons. The highest BCUT2D eigenvalue weighted by atomic mass is 32.2. The molecule has 1 aromatic rings. The van der Waals surface area contributed by atoms with E-state index in [1.807, 2.05) is 0 Å². The fraction of sp³-hybridized carbons (Fsp3) is 0.562. The average Bonchev–Trinajstić information content (AvgIpc) is 3.19. The van der Waals surface area contributed by atoms with Crippen LogP contribution in [0.2, 0.25) is 0 Å². The summed E-state index contributed by atoms with van der Waals surface area (Å²) in [6.45, 7) is 3.99. The van der Waals surface area contributed by atoms with E-state index in [9.17, 15) is 13.2 Å². The Labute approximate surface area is 137 Å². The van der Waals surface area contributed by atoms with Crippen LogP contribution < -0.4 is 9.62 Å². The monoisotopic (exact) mass is 337 g/mol. The topological polar surface area (TPSA) is 69.7 Å². The molecule has 0 spiro atoms. The molecule has 0 unspecified atom stereocenters. The van der Waals surface area contributed by atoms with E-state index < -0.39 is 10.0 Å². The van der Waals surface area contributed by atoms with Crippen LogP contribution in [0.3, 0.4) is 0 Å². The number of amides is 1. The smallest absolute Gasteiger partial charge is 0.240 e. The number of benzene rings is 1. The van der Waals surface area contributed by atoms with E-state index in [-0.39, 0.29) is 10.8 Å². The van der Waals surface area contributed by atoms with E-state index in [1.165, 1.54) is 12.8 Å². The Hall–Kier alpha value is -1.44. The number of sulfonamides is 1. The lowest BCUT2D eigenvalue weighted by molar-refractivity contribution is -0.117. The first-order valence-corrected chi connectivity index (χ1v) is 9.67. The molecule has 3 rings (SSSR count). The van der Waals surface area contributed by atoms with Gasteiger partial charge >= 0.3 is 0 Å². The minimum Gasteiger partial charge on any atom is -0.312 e. The third kappa shape index (κ3) is 3.91. The molecule has 2 aliphatic heterocycles. The molecule has 2 aliphatic rings. The Morgan fingerprint density at radius 3 is 2.30 bits per heavy atom. The van der Waals surface area contributed by atoms with Gasteiger partial charge in [0.15, 0.2) is 0 Å². The molecule has 1 aromatic carbocycles. The molecule has 0 aliphatic carbocycles. The maximum atomic E-state index is 12.3. The van der Waals surface area contributed by atoms with Gasteiger partial charge in [0.25, 0.3) is 0 Å². The standard InChI is InChI=1S/C16H23N3O3S/c20-16-4-3-12-19(16)14-5-7-15(8-6-14)23(21,22)17-9-13-18-10-1-2-11-18/h5-8,17H,1-4,9-13H2. The molecule has 0 aromatic heterocycles. The van der Waals surface area contributed by atoms with E-state index in [0.29, 0.717) is 19.5 Å². The van der Waals surface area contributed by atoms with Crippen LogP contribution in [-0.2, 0) is 14.8 Å².